The second kappa shape index (κ2) is 8.12. The highest BCUT2D eigenvalue weighted by Crippen LogP contribution is 2.40. The van der Waals surface area contributed by atoms with Crippen LogP contribution in [0.2, 0.25) is 0 Å². The summed E-state index contributed by atoms with van der Waals surface area (Å²) >= 11 is 0. The Morgan fingerprint density at radius 3 is 2.42 bits per heavy atom. The van der Waals surface area contributed by atoms with Gasteiger partial charge in [0, 0.05) is 13.0 Å². The monoisotopic (exact) mass is 386 g/mol. The van der Waals surface area contributed by atoms with E-state index in [4.69, 9.17) is 9.57 Å². The molecule has 0 saturated carbocycles. The maximum Gasteiger partial charge on any atom is 0.416 e. The third-order valence-corrected chi connectivity index (χ3v) is 3.60. The highest BCUT2D eigenvalue weighted by atomic mass is 19.4. The summed E-state index contributed by atoms with van der Waals surface area (Å²) in [7, 11) is 0. The van der Waals surface area contributed by atoms with Gasteiger partial charge in [-0.05, 0) is 24.5 Å². The molecule has 0 radical (unpaired) electrons. The molecule has 2 amide bonds. The summed E-state index contributed by atoms with van der Waals surface area (Å²) in [5, 5.41) is 1.47. The van der Waals surface area contributed by atoms with Crippen LogP contribution >= 0.6 is 0 Å². The van der Waals surface area contributed by atoms with Gasteiger partial charge in [0.2, 0.25) is 0 Å². The summed E-state index contributed by atoms with van der Waals surface area (Å²) in [6, 6.07) is -1.14. The fraction of sp³-hybridized carbons (Fsp3) is 0.533. The fourth-order valence-corrected chi connectivity index (χ4v) is 2.43. The first-order valence-electron chi connectivity index (χ1n) is 7.65. The zero-order valence-electron chi connectivity index (χ0n) is 13.3. The molecule has 1 aromatic rings. The summed E-state index contributed by atoms with van der Waals surface area (Å²) in [6.45, 7) is 0.373. The number of halogens is 6. The zero-order chi connectivity index (χ0) is 19.4. The summed E-state index contributed by atoms with van der Waals surface area (Å²) in [5.74, 6) is 0. The number of carbonyl (C=O) groups excluding carboxylic acids is 1. The minimum atomic E-state index is -5.15. The summed E-state index contributed by atoms with van der Waals surface area (Å²) in [5.41, 5.74) is -0.875. The molecule has 1 aliphatic rings. The standard InChI is InChI=1S/C15H16F6N2O3/c16-14(17,18)10-6-2-1-5-9(10)12(15(19,20)21)22-13(24)23-26-11-7-3-4-8-25-11/h1-2,5-6,11-12H,3-4,7-8H2,(H2,22,23,24). The SMILES string of the molecule is O=C(NOC1CCCCO1)NC(c1ccccc1C(F)(F)F)C(F)(F)F. The van der Waals surface area contributed by atoms with E-state index in [1.54, 1.807) is 5.48 Å². The van der Waals surface area contributed by atoms with Crippen molar-refractivity contribution in [1.29, 1.82) is 0 Å². The number of benzene rings is 1. The van der Waals surface area contributed by atoms with Crippen molar-refractivity contribution < 1.29 is 40.7 Å². The van der Waals surface area contributed by atoms with Crippen molar-refractivity contribution in [2.75, 3.05) is 6.61 Å². The lowest BCUT2D eigenvalue weighted by molar-refractivity contribution is -0.188. The third kappa shape index (κ3) is 5.49. The molecule has 2 unspecified atom stereocenters. The molecule has 2 rings (SSSR count). The van der Waals surface area contributed by atoms with E-state index in [9.17, 15) is 31.1 Å². The van der Waals surface area contributed by atoms with Gasteiger partial charge in [0.15, 0.2) is 12.3 Å². The Morgan fingerprint density at radius 2 is 1.85 bits per heavy atom. The number of hydrogen-bond acceptors (Lipinski definition) is 3. The summed E-state index contributed by atoms with van der Waals surface area (Å²) in [4.78, 5) is 16.5. The molecule has 1 heterocycles. The van der Waals surface area contributed by atoms with Gasteiger partial charge in [-0.15, -0.1) is 0 Å². The van der Waals surface area contributed by atoms with E-state index in [1.807, 2.05) is 0 Å². The van der Waals surface area contributed by atoms with Gasteiger partial charge in [-0.25, -0.2) is 15.1 Å². The van der Waals surface area contributed by atoms with E-state index in [0.29, 0.717) is 25.2 Å². The predicted octanol–water partition coefficient (Wildman–Crippen LogP) is 4.07. The van der Waals surface area contributed by atoms with Crippen molar-refractivity contribution in [2.24, 2.45) is 0 Å². The third-order valence-electron chi connectivity index (χ3n) is 3.60. The lowest BCUT2D eigenvalue weighted by Crippen LogP contribution is -2.45. The molecule has 2 atom stereocenters. The van der Waals surface area contributed by atoms with Gasteiger partial charge in [0.25, 0.3) is 0 Å². The van der Waals surface area contributed by atoms with Gasteiger partial charge < -0.3 is 10.1 Å². The van der Waals surface area contributed by atoms with E-state index in [2.05, 4.69) is 0 Å². The number of alkyl halides is 6. The Labute approximate surface area is 144 Å². The molecule has 1 fully saturated rings. The van der Waals surface area contributed by atoms with Gasteiger partial charge >= 0.3 is 18.4 Å². The number of hydroxylamine groups is 1. The molecule has 0 spiro atoms. The Morgan fingerprint density at radius 1 is 1.15 bits per heavy atom. The highest BCUT2D eigenvalue weighted by Gasteiger charge is 2.46. The number of hydrogen-bond donors (Lipinski definition) is 2. The van der Waals surface area contributed by atoms with Crippen molar-refractivity contribution in [2.45, 2.75) is 43.9 Å². The van der Waals surface area contributed by atoms with Crippen LogP contribution in [0.3, 0.4) is 0 Å². The number of amides is 2. The molecule has 0 aliphatic carbocycles. The quantitative estimate of drug-likeness (QED) is 0.606. The van der Waals surface area contributed by atoms with Crippen molar-refractivity contribution in [3.8, 4) is 0 Å². The molecule has 11 heteroatoms. The maximum absolute atomic E-state index is 13.3. The summed E-state index contributed by atoms with van der Waals surface area (Å²) in [6.07, 6.45) is -9.01. The average Bonchev–Trinajstić information content (AvgIpc) is 2.57. The predicted molar refractivity (Wildman–Crippen MR) is 76.6 cm³/mol. The Kier molecular flexibility index (Phi) is 6.34. The van der Waals surface area contributed by atoms with E-state index in [0.717, 1.165) is 25.0 Å². The summed E-state index contributed by atoms with van der Waals surface area (Å²) < 4.78 is 83.8. The Bertz CT molecular complexity index is 614. The second-order valence-corrected chi connectivity index (χ2v) is 5.55. The largest absolute Gasteiger partial charge is 0.416 e. The smallest absolute Gasteiger partial charge is 0.350 e. The number of carbonyl (C=O) groups is 1. The van der Waals surface area contributed by atoms with Crippen LogP contribution in [0.4, 0.5) is 31.1 Å². The molecule has 5 nitrogen and oxygen atoms in total. The van der Waals surface area contributed by atoms with Crippen LogP contribution in [-0.2, 0) is 15.8 Å². The van der Waals surface area contributed by atoms with Crippen molar-refractivity contribution >= 4 is 6.03 Å². The van der Waals surface area contributed by atoms with Crippen molar-refractivity contribution in [1.82, 2.24) is 10.8 Å². The zero-order valence-corrected chi connectivity index (χ0v) is 13.3. The minimum absolute atomic E-state index is 0.373. The molecule has 26 heavy (non-hydrogen) atoms. The van der Waals surface area contributed by atoms with Crippen LogP contribution in [0, 0.1) is 0 Å². The van der Waals surface area contributed by atoms with Crippen molar-refractivity contribution in [3.63, 3.8) is 0 Å². The van der Waals surface area contributed by atoms with Gasteiger partial charge in [0.05, 0.1) is 5.56 Å². The normalized spacial score (nSPS) is 19.7. The van der Waals surface area contributed by atoms with E-state index in [1.165, 1.54) is 5.32 Å². The molecule has 0 aromatic heterocycles. The van der Waals surface area contributed by atoms with Crippen LogP contribution in [-0.4, -0.2) is 25.1 Å². The molecular formula is C15H16F6N2O3. The molecular weight excluding hydrogens is 370 g/mol. The number of ether oxygens (including phenoxy) is 1. The van der Waals surface area contributed by atoms with Gasteiger partial charge in [-0.3, -0.25) is 0 Å². The van der Waals surface area contributed by atoms with Crippen LogP contribution in [0.5, 0.6) is 0 Å². The number of nitrogens with one attached hydrogen (secondary N) is 2. The molecule has 0 bridgehead atoms. The van der Waals surface area contributed by atoms with Crippen LogP contribution in [0.25, 0.3) is 0 Å². The lowest BCUT2D eigenvalue weighted by Gasteiger charge is -2.26. The number of rotatable bonds is 4. The maximum atomic E-state index is 13.3. The molecule has 1 aromatic carbocycles. The first kappa shape index (κ1) is 20.3. The molecule has 146 valence electrons. The molecule has 2 N–H and O–H groups in total. The topological polar surface area (TPSA) is 59.6 Å². The molecule has 1 aliphatic heterocycles. The first-order valence-corrected chi connectivity index (χ1v) is 7.65. The van der Waals surface area contributed by atoms with Crippen molar-refractivity contribution in [3.05, 3.63) is 35.4 Å². The Hall–Kier alpha value is -2.01. The molecule has 1 saturated heterocycles. The van der Waals surface area contributed by atoms with Gasteiger partial charge in [-0.1, -0.05) is 18.2 Å². The minimum Gasteiger partial charge on any atom is -0.350 e. The van der Waals surface area contributed by atoms with Crippen LogP contribution in [0.1, 0.15) is 36.4 Å². The lowest BCUT2D eigenvalue weighted by atomic mass is 9.99. The van der Waals surface area contributed by atoms with Crippen LogP contribution in [0.15, 0.2) is 24.3 Å². The van der Waals surface area contributed by atoms with Gasteiger partial charge in [0.1, 0.15) is 0 Å². The first-order chi connectivity index (χ1) is 12.1. The average molecular weight is 386 g/mol. The Balaban J connectivity index is 2.12. The van der Waals surface area contributed by atoms with E-state index in [-0.39, 0.29) is 0 Å². The highest BCUT2D eigenvalue weighted by molar-refractivity contribution is 5.73. The number of urea groups is 1. The fourth-order valence-electron chi connectivity index (χ4n) is 2.43. The van der Waals surface area contributed by atoms with Crippen LogP contribution < -0.4 is 10.8 Å². The van der Waals surface area contributed by atoms with E-state index < -0.39 is 41.8 Å². The van der Waals surface area contributed by atoms with E-state index >= 15 is 0 Å². The van der Waals surface area contributed by atoms with Gasteiger partial charge in [-0.2, -0.15) is 26.3 Å². The second-order valence-electron chi connectivity index (χ2n) is 5.55.